The molecule has 0 aromatic heterocycles. The summed E-state index contributed by atoms with van der Waals surface area (Å²) < 4.78 is 0. The Labute approximate surface area is 249 Å². The molecule has 0 spiro atoms. The zero-order valence-electron chi connectivity index (χ0n) is 29.2. The molecule has 3 rings (SSSR count). The average molecular weight is 555 g/mol. The number of piperidine rings is 2. The first-order chi connectivity index (χ1) is 18.0. The fourth-order valence-electron chi connectivity index (χ4n) is 8.45. The average Bonchev–Trinajstić information content (AvgIpc) is 2.78. The summed E-state index contributed by atoms with van der Waals surface area (Å²) in [5, 5.41) is 11.3. The maximum Gasteiger partial charge on any atom is 0.123 e. The molecule has 0 aliphatic carbocycles. The molecule has 40 heavy (non-hydrogen) atoms. The maximum absolute atomic E-state index is 11.3. The van der Waals surface area contributed by atoms with Crippen LogP contribution in [0.25, 0.3) is 0 Å². The largest absolute Gasteiger partial charge is 0.507 e. The van der Waals surface area contributed by atoms with E-state index in [4.69, 9.17) is 0 Å². The lowest BCUT2D eigenvalue weighted by atomic mass is 9.62. The van der Waals surface area contributed by atoms with Crippen molar-refractivity contribution < 1.29 is 5.11 Å². The van der Waals surface area contributed by atoms with Crippen LogP contribution in [0.5, 0.6) is 5.75 Å². The van der Waals surface area contributed by atoms with Gasteiger partial charge in [0, 0.05) is 23.2 Å². The minimum atomic E-state index is -0.0858. The van der Waals surface area contributed by atoms with Gasteiger partial charge in [0.2, 0.25) is 0 Å². The van der Waals surface area contributed by atoms with E-state index in [1.54, 1.807) is 0 Å². The van der Waals surface area contributed by atoms with Crippen LogP contribution in [-0.2, 0) is 17.3 Å². The quantitative estimate of drug-likeness (QED) is 0.380. The molecular weight excluding hydrogens is 488 g/mol. The second-order valence-electron chi connectivity index (χ2n) is 17.7. The van der Waals surface area contributed by atoms with Crippen molar-refractivity contribution in [1.29, 1.82) is 0 Å². The number of hydrogen-bond acceptors (Lipinski definition) is 3. The van der Waals surface area contributed by atoms with Crippen molar-refractivity contribution in [1.82, 2.24) is 9.80 Å². The summed E-state index contributed by atoms with van der Waals surface area (Å²) in [5.74, 6) is 3.40. The first-order valence-electron chi connectivity index (χ1n) is 16.4. The van der Waals surface area contributed by atoms with Gasteiger partial charge in [-0.05, 0) is 145 Å². The highest BCUT2D eigenvalue weighted by atomic mass is 16.3. The summed E-state index contributed by atoms with van der Waals surface area (Å²) in [6.07, 6.45) is 7.62. The topological polar surface area (TPSA) is 26.7 Å². The standard InChI is InChI=1S/C37H66N2O/c1-24(16-27-20-31(34(4,5)6)33(40)32(21-27)35(7,8)9)17-30(28-18-25(2)38(14)36(10,11)22-28)29-19-26(3)39(15)37(12,13)23-29/h20-21,24-26,28-30,40H,16-19,22-23H2,1-15H3. The summed E-state index contributed by atoms with van der Waals surface area (Å²) in [6.45, 7) is 30.6. The molecule has 5 atom stereocenters. The van der Waals surface area contributed by atoms with Crippen molar-refractivity contribution >= 4 is 0 Å². The van der Waals surface area contributed by atoms with Crippen molar-refractivity contribution in [2.45, 2.75) is 163 Å². The summed E-state index contributed by atoms with van der Waals surface area (Å²) in [4.78, 5) is 5.26. The summed E-state index contributed by atoms with van der Waals surface area (Å²) in [6, 6.07) is 5.89. The van der Waals surface area contributed by atoms with Gasteiger partial charge in [-0.25, -0.2) is 0 Å². The van der Waals surface area contributed by atoms with Crippen molar-refractivity contribution in [2.75, 3.05) is 14.1 Å². The lowest BCUT2D eigenvalue weighted by Gasteiger charge is -2.54. The fraction of sp³-hybridized carbons (Fsp3) is 0.838. The van der Waals surface area contributed by atoms with Gasteiger partial charge in [0.15, 0.2) is 0 Å². The number of phenols is 1. The van der Waals surface area contributed by atoms with E-state index in [9.17, 15) is 5.11 Å². The second-order valence-corrected chi connectivity index (χ2v) is 17.7. The normalized spacial score (nSPS) is 29.8. The predicted molar refractivity (Wildman–Crippen MR) is 175 cm³/mol. The van der Waals surface area contributed by atoms with E-state index in [2.05, 4.69) is 126 Å². The Morgan fingerprint density at radius 1 is 0.800 bits per heavy atom. The highest BCUT2D eigenvalue weighted by Gasteiger charge is 2.46. The minimum Gasteiger partial charge on any atom is -0.507 e. The highest BCUT2D eigenvalue weighted by Crippen LogP contribution is 2.48. The fourth-order valence-corrected chi connectivity index (χ4v) is 8.45. The minimum absolute atomic E-state index is 0.0858. The van der Waals surface area contributed by atoms with Gasteiger partial charge in [-0.1, -0.05) is 60.6 Å². The van der Waals surface area contributed by atoms with Crippen LogP contribution in [0.15, 0.2) is 12.1 Å². The Hall–Kier alpha value is -1.06. The third kappa shape index (κ3) is 7.28. The lowest BCUT2D eigenvalue weighted by Crippen LogP contribution is -2.56. The van der Waals surface area contributed by atoms with Gasteiger partial charge in [0.25, 0.3) is 0 Å². The molecule has 0 amide bonds. The third-order valence-corrected chi connectivity index (χ3v) is 11.3. The lowest BCUT2D eigenvalue weighted by molar-refractivity contribution is -0.0419. The Kier molecular flexibility index (Phi) is 9.66. The SMILES string of the molecule is CC(Cc1cc(C(C)(C)C)c(O)c(C(C)(C)C)c1)CC(C1CC(C)N(C)C(C)(C)C1)C1CC(C)N(C)C(C)(C)C1. The van der Waals surface area contributed by atoms with E-state index < -0.39 is 0 Å². The van der Waals surface area contributed by atoms with Crippen molar-refractivity contribution in [3.8, 4) is 5.75 Å². The van der Waals surface area contributed by atoms with Gasteiger partial charge in [0.1, 0.15) is 5.75 Å². The van der Waals surface area contributed by atoms with Crippen LogP contribution in [0.3, 0.4) is 0 Å². The van der Waals surface area contributed by atoms with Crippen molar-refractivity contribution in [2.24, 2.45) is 23.7 Å². The highest BCUT2D eigenvalue weighted by molar-refractivity contribution is 5.50. The van der Waals surface area contributed by atoms with Crippen LogP contribution in [0.4, 0.5) is 0 Å². The Morgan fingerprint density at radius 3 is 1.50 bits per heavy atom. The first kappa shape index (κ1) is 33.4. The Bertz CT molecular complexity index is 939. The number of rotatable bonds is 6. The molecule has 5 unspecified atom stereocenters. The molecular formula is C37H66N2O. The number of benzene rings is 1. The Balaban J connectivity index is 1.95. The third-order valence-electron chi connectivity index (χ3n) is 11.3. The number of phenolic OH excluding ortho intramolecular Hbond substituents is 1. The van der Waals surface area contributed by atoms with Crippen LogP contribution >= 0.6 is 0 Å². The molecule has 1 aromatic carbocycles. The monoisotopic (exact) mass is 555 g/mol. The number of aromatic hydroxyl groups is 1. The van der Waals surface area contributed by atoms with Gasteiger partial charge in [0.05, 0.1) is 0 Å². The number of hydrogen-bond donors (Lipinski definition) is 1. The maximum atomic E-state index is 11.3. The van der Waals surface area contributed by atoms with Gasteiger partial charge in [-0.3, -0.25) is 9.80 Å². The zero-order valence-corrected chi connectivity index (χ0v) is 29.2. The summed E-state index contributed by atoms with van der Waals surface area (Å²) in [5.41, 5.74) is 3.90. The molecule has 3 nitrogen and oxygen atoms in total. The molecule has 2 aliphatic rings. The van der Waals surface area contributed by atoms with Gasteiger partial charge >= 0.3 is 0 Å². The van der Waals surface area contributed by atoms with Crippen molar-refractivity contribution in [3.05, 3.63) is 28.8 Å². The Morgan fingerprint density at radius 2 is 1.18 bits per heavy atom. The molecule has 1 N–H and O–H groups in total. The molecule has 3 heteroatoms. The van der Waals surface area contributed by atoms with Gasteiger partial charge in [-0.15, -0.1) is 0 Å². The predicted octanol–water partition coefficient (Wildman–Crippen LogP) is 9.19. The molecule has 2 fully saturated rings. The van der Waals surface area contributed by atoms with E-state index in [1.807, 2.05) is 0 Å². The molecule has 0 radical (unpaired) electrons. The molecule has 2 heterocycles. The molecule has 1 aromatic rings. The number of likely N-dealkylation sites (tertiary alicyclic amines) is 2. The first-order valence-corrected chi connectivity index (χ1v) is 16.4. The molecule has 0 bridgehead atoms. The van der Waals surface area contributed by atoms with Crippen molar-refractivity contribution in [3.63, 3.8) is 0 Å². The number of nitrogens with zero attached hydrogens (tertiary/aromatic N) is 2. The van der Waals surface area contributed by atoms with Crippen LogP contribution in [0.2, 0.25) is 0 Å². The van der Waals surface area contributed by atoms with Gasteiger partial charge in [-0.2, -0.15) is 0 Å². The molecule has 230 valence electrons. The molecule has 2 saturated heterocycles. The van der Waals surface area contributed by atoms with Crippen LogP contribution < -0.4 is 0 Å². The van der Waals surface area contributed by atoms with Gasteiger partial charge < -0.3 is 5.11 Å². The molecule has 2 aliphatic heterocycles. The second kappa shape index (κ2) is 11.6. The zero-order chi connectivity index (χ0) is 30.6. The van der Waals surface area contributed by atoms with Crippen LogP contribution in [0, 0.1) is 23.7 Å². The van der Waals surface area contributed by atoms with E-state index in [-0.39, 0.29) is 21.9 Å². The summed E-state index contributed by atoms with van der Waals surface area (Å²) >= 11 is 0. The van der Waals surface area contributed by atoms with E-state index in [0.29, 0.717) is 23.8 Å². The van der Waals surface area contributed by atoms with E-state index >= 15 is 0 Å². The summed E-state index contributed by atoms with van der Waals surface area (Å²) in [7, 11) is 4.67. The molecule has 0 saturated carbocycles. The van der Waals surface area contributed by atoms with E-state index in [0.717, 1.165) is 35.3 Å². The van der Waals surface area contributed by atoms with Crippen LogP contribution in [0.1, 0.15) is 139 Å². The van der Waals surface area contributed by atoms with Crippen LogP contribution in [-0.4, -0.2) is 52.2 Å². The van der Waals surface area contributed by atoms with E-state index in [1.165, 1.54) is 37.7 Å². The smallest absolute Gasteiger partial charge is 0.123 e.